The zero-order valence-corrected chi connectivity index (χ0v) is 8.64. The molecule has 0 bridgehead atoms. The van der Waals surface area contributed by atoms with Crippen LogP contribution in [0.25, 0.3) is 11.1 Å². The summed E-state index contributed by atoms with van der Waals surface area (Å²) in [7, 11) is 1.70. The van der Waals surface area contributed by atoms with Gasteiger partial charge in [-0.25, -0.2) is 4.39 Å². The monoisotopic (exact) mass is 219 g/mol. The number of nitrogen functional groups attached to an aromatic ring is 1. The maximum atomic E-state index is 12.9. The van der Waals surface area contributed by atoms with Crippen molar-refractivity contribution in [2.45, 2.75) is 0 Å². The topological polar surface area (TPSA) is 60.9 Å². The van der Waals surface area contributed by atoms with Crippen LogP contribution in [0.15, 0.2) is 24.4 Å². The number of anilines is 1. The third-order valence-corrected chi connectivity index (χ3v) is 2.42. The predicted octanol–water partition coefficient (Wildman–Crippen LogP) is 1.62. The second-order valence-corrected chi connectivity index (χ2v) is 3.42. The highest BCUT2D eigenvalue weighted by atomic mass is 19.1. The number of hydrogen-bond donors (Lipinski definition) is 1. The summed E-state index contributed by atoms with van der Waals surface area (Å²) in [5, 5.41) is 3.97. The van der Waals surface area contributed by atoms with Crippen LogP contribution in [0, 0.1) is 5.82 Å². The molecule has 4 nitrogen and oxygen atoms in total. The Kier molecular flexibility index (Phi) is 2.44. The number of aromatic nitrogens is 2. The number of hydrogen-bond acceptors (Lipinski definition) is 3. The minimum Gasteiger partial charge on any atom is -0.383 e. The van der Waals surface area contributed by atoms with Gasteiger partial charge in [-0.2, -0.15) is 5.10 Å². The van der Waals surface area contributed by atoms with E-state index in [9.17, 15) is 9.18 Å². The molecule has 16 heavy (non-hydrogen) atoms. The zero-order valence-electron chi connectivity index (χ0n) is 8.64. The molecule has 82 valence electrons. The summed E-state index contributed by atoms with van der Waals surface area (Å²) in [5.74, 6) is -0.0111. The molecule has 0 saturated heterocycles. The van der Waals surface area contributed by atoms with Gasteiger partial charge in [0, 0.05) is 18.2 Å². The van der Waals surface area contributed by atoms with Gasteiger partial charge in [-0.05, 0) is 17.7 Å². The van der Waals surface area contributed by atoms with Crippen molar-refractivity contribution in [3.63, 3.8) is 0 Å². The van der Waals surface area contributed by atoms with Crippen LogP contribution < -0.4 is 5.73 Å². The van der Waals surface area contributed by atoms with Crippen LogP contribution in [-0.4, -0.2) is 16.1 Å². The van der Waals surface area contributed by atoms with Crippen LogP contribution in [-0.2, 0) is 7.05 Å². The molecule has 0 aliphatic rings. The van der Waals surface area contributed by atoms with Gasteiger partial charge in [-0.15, -0.1) is 0 Å². The van der Waals surface area contributed by atoms with Crippen LogP contribution in [0.4, 0.5) is 10.2 Å². The molecule has 1 aromatic carbocycles. The summed E-state index contributed by atoms with van der Waals surface area (Å²) in [6.07, 6.45) is 2.15. The smallest absolute Gasteiger partial charge is 0.150 e. The molecular weight excluding hydrogens is 209 g/mol. The molecule has 0 unspecified atom stereocenters. The van der Waals surface area contributed by atoms with E-state index in [0.717, 1.165) is 0 Å². The molecule has 2 aromatic rings. The molecule has 2 N–H and O–H groups in total. The van der Waals surface area contributed by atoms with Gasteiger partial charge < -0.3 is 5.73 Å². The largest absolute Gasteiger partial charge is 0.383 e. The predicted molar refractivity (Wildman–Crippen MR) is 58.4 cm³/mol. The van der Waals surface area contributed by atoms with Gasteiger partial charge in [0.05, 0.1) is 6.20 Å². The molecule has 0 aliphatic heterocycles. The van der Waals surface area contributed by atoms with E-state index < -0.39 is 5.82 Å². The molecule has 0 fully saturated rings. The number of aldehydes is 1. The lowest BCUT2D eigenvalue weighted by Gasteiger charge is -2.04. The van der Waals surface area contributed by atoms with Gasteiger partial charge in [-0.1, -0.05) is 6.07 Å². The van der Waals surface area contributed by atoms with Crippen molar-refractivity contribution in [3.05, 3.63) is 35.8 Å². The van der Waals surface area contributed by atoms with E-state index in [1.54, 1.807) is 13.2 Å². The van der Waals surface area contributed by atoms with Crippen LogP contribution in [0.5, 0.6) is 0 Å². The maximum Gasteiger partial charge on any atom is 0.150 e. The number of carbonyl (C=O) groups excluding carboxylic acids is 1. The van der Waals surface area contributed by atoms with Crippen molar-refractivity contribution in [1.29, 1.82) is 0 Å². The van der Waals surface area contributed by atoms with Gasteiger partial charge in [0.1, 0.15) is 11.6 Å². The van der Waals surface area contributed by atoms with E-state index in [2.05, 4.69) is 5.10 Å². The zero-order chi connectivity index (χ0) is 11.7. The highest BCUT2D eigenvalue weighted by molar-refractivity contribution is 5.90. The molecule has 0 spiro atoms. The minimum atomic E-state index is -0.451. The summed E-state index contributed by atoms with van der Waals surface area (Å²) in [6, 6.07) is 3.98. The van der Waals surface area contributed by atoms with Crippen molar-refractivity contribution in [2.75, 3.05) is 5.73 Å². The molecule has 1 aromatic heterocycles. The third kappa shape index (κ3) is 1.56. The lowest BCUT2D eigenvalue weighted by atomic mass is 10.0. The molecule has 0 saturated carbocycles. The number of aryl methyl sites for hydroxylation is 1. The molecule has 0 radical (unpaired) electrons. The van der Waals surface area contributed by atoms with Crippen LogP contribution >= 0.6 is 0 Å². The first-order valence-electron chi connectivity index (χ1n) is 4.66. The number of carbonyl (C=O) groups is 1. The quantitative estimate of drug-likeness (QED) is 0.781. The Morgan fingerprint density at radius 2 is 2.19 bits per heavy atom. The second-order valence-electron chi connectivity index (χ2n) is 3.42. The van der Waals surface area contributed by atoms with Crippen LogP contribution in [0.3, 0.4) is 0 Å². The average Bonchev–Trinajstić information content (AvgIpc) is 2.60. The van der Waals surface area contributed by atoms with Crippen molar-refractivity contribution in [2.24, 2.45) is 7.05 Å². The van der Waals surface area contributed by atoms with E-state index in [-0.39, 0.29) is 5.56 Å². The van der Waals surface area contributed by atoms with Gasteiger partial charge in [0.2, 0.25) is 0 Å². The summed E-state index contributed by atoms with van der Waals surface area (Å²) >= 11 is 0. The first-order chi connectivity index (χ1) is 7.63. The normalized spacial score (nSPS) is 10.4. The Hall–Kier alpha value is -2.17. The van der Waals surface area contributed by atoms with Crippen molar-refractivity contribution >= 4 is 12.1 Å². The Bertz CT molecular complexity index is 548. The molecule has 0 amide bonds. The second kappa shape index (κ2) is 3.77. The summed E-state index contributed by atoms with van der Waals surface area (Å²) in [5.41, 5.74) is 7.27. The fourth-order valence-corrected chi connectivity index (χ4v) is 1.53. The summed E-state index contributed by atoms with van der Waals surface area (Å²) in [6.45, 7) is 0. The highest BCUT2D eigenvalue weighted by Gasteiger charge is 2.11. The van der Waals surface area contributed by atoms with Crippen LogP contribution in [0.2, 0.25) is 0 Å². The lowest BCUT2D eigenvalue weighted by Crippen LogP contribution is -1.99. The standard InChI is InChI=1S/C11H10FN3O/c1-15-11(13)10(5-14-15)9-3-2-8(12)4-7(9)6-16/h2-6H,13H2,1H3. The van der Waals surface area contributed by atoms with E-state index in [0.29, 0.717) is 23.2 Å². The lowest BCUT2D eigenvalue weighted by molar-refractivity contribution is 0.112. The first kappa shape index (κ1) is 10.4. The van der Waals surface area contributed by atoms with Crippen molar-refractivity contribution in [1.82, 2.24) is 9.78 Å². The molecule has 2 rings (SSSR count). The van der Waals surface area contributed by atoms with Crippen LogP contribution in [0.1, 0.15) is 10.4 Å². The minimum absolute atomic E-state index is 0.264. The highest BCUT2D eigenvalue weighted by Crippen LogP contribution is 2.27. The number of halogens is 1. The van der Waals surface area contributed by atoms with Gasteiger partial charge in [-0.3, -0.25) is 9.48 Å². The number of nitrogens with two attached hydrogens (primary N) is 1. The summed E-state index contributed by atoms with van der Waals surface area (Å²) in [4.78, 5) is 10.8. The number of nitrogens with zero attached hydrogens (tertiary/aromatic N) is 2. The average molecular weight is 219 g/mol. The molecule has 1 heterocycles. The third-order valence-electron chi connectivity index (χ3n) is 2.42. The molecule has 0 atom stereocenters. The van der Waals surface area contributed by atoms with Gasteiger partial charge in [0.25, 0.3) is 0 Å². The Morgan fingerprint density at radius 1 is 1.44 bits per heavy atom. The fourth-order valence-electron chi connectivity index (χ4n) is 1.53. The fraction of sp³-hybridized carbons (Fsp3) is 0.0909. The molecule has 0 aliphatic carbocycles. The summed E-state index contributed by atoms with van der Waals surface area (Å²) < 4.78 is 14.4. The van der Waals surface area contributed by atoms with E-state index in [1.165, 1.54) is 22.9 Å². The van der Waals surface area contributed by atoms with Crippen molar-refractivity contribution in [3.8, 4) is 11.1 Å². The van der Waals surface area contributed by atoms with Gasteiger partial charge in [0.15, 0.2) is 6.29 Å². The number of benzene rings is 1. The van der Waals surface area contributed by atoms with E-state index >= 15 is 0 Å². The SMILES string of the molecule is Cn1ncc(-c2ccc(F)cc2C=O)c1N. The number of rotatable bonds is 2. The van der Waals surface area contributed by atoms with E-state index in [4.69, 9.17) is 5.73 Å². The molecule has 5 heteroatoms. The Labute approximate surface area is 91.5 Å². The Balaban J connectivity index is 2.64. The Morgan fingerprint density at radius 3 is 2.75 bits per heavy atom. The van der Waals surface area contributed by atoms with Gasteiger partial charge >= 0.3 is 0 Å². The van der Waals surface area contributed by atoms with E-state index in [1.807, 2.05) is 0 Å². The molecular formula is C11H10FN3O. The maximum absolute atomic E-state index is 12.9. The first-order valence-corrected chi connectivity index (χ1v) is 4.66. The van der Waals surface area contributed by atoms with Crippen molar-refractivity contribution < 1.29 is 9.18 Å².